The number of aromatic hydroxyl groups is 1. The highest BCUT2D eigenvalue weighted by Crippen LogP contribution is 2.47. The van der Waals surface area contributed by atoms with Crippen LogP contribution in [0.4, 0.5) is 0 Å². The number of hydrogen-bond donors (Lipinski definition) is 2. The molecule has 0 spiro atoms. The third-order valence-corrected chi connectivity index (χ3v) is 3.96. The zero-order chi connectivity index (χ0) is 14.8. The minimum absolute atomic E-state index is 0.0208. The number of rotatable bonds is 4. The fraction of sp³-hybridized carbons (Fsp3) is 0.562. The normalized spacial score (nSPS) is 17.9. The molecule has 1 saturated carbocycles. The predicted octanol–water partition coefficient (Wildman–Crippen LogP) is 3.47. The Morgan fingerprint density at radius 1 is 1.25 bits per heavy atom. The van der Waals surface area contributed by atoms with Crippen LogP contribution in [0.25, 0.3) is 0 Å². The van der Waals surface area contributed by atoms with Crippen molar-refractivity contribution in [2.45, 2.75) is 57.5 Å². The largest absolute Gasteiger partial charge is 0.507 e. The van der Waals surface area contributed by atoms with E-state index in [-0.39, 0.29) is 11.9 Å². The van der Waals surface area contributed by atoms with Gasteiger partial charge in [-0.2, -0.15) is 0 Å². The van der Waals surface area contributed by atoms with Gasteiger partial charge in [-0.25, -0.2) is 0 Å². The van der Waals surface area contributed by atoms with Crippen molar-refractivity contribution in [1.29, 1.82) is 0 Å². The van der Waals surface area contributed by atoms with E-state index in [0.717, 1.165) is 19.3 Å². The number of carbonyl (C=O) groups is 1. The maximum Gasteiger partial charge on any atom is 0.314 e. The van der Waals surface area contributed by atoms with Gasteiger partial charge in [0.2, 0.25) is 0 Å². The van der Waals surface area contributed by atoms with E-state index < -0.39 is 11.4 Å². The van der Waals surface area contributed by atoms with Crippen LogP contribution in [-0.2, 0) is 10.2 Å². The summed E-state index contributed by atoms with van der Waals surface area (Å²) in [6.45, 7) is 3.78. The van der Waals surface area contributed by atoms with Gasteiger partial charge in [-0.1, -0.05) is 25.3 Å². The predicted molar refractivity (Wildman–Crippen MR) is 76.3 cm³/mol. The van der Waals surface area contributed by atoms with Crippen molar-refractivity contribution in [2.75, 3.05) is 0 Å². The van der Waals surface area contributed by atoms with Gasteiger partial charge < -0.3 is 14.9 Å². The van der Waals surface area contributed by atoms with Gasteiger partial charge in [0.25, 0.3) is 0 Å². The number of aliphatic carboxylic acids is 1. The van der Waals surface area contributed by atoms with Gasteiger partial charge >= 0.3 is 5.97 Å². The van der Waals surface area contributed by atoms with Crippen LogP contribution < -0.4 is 4.74 Å². The first-order chi connectivity index (χ1) is 9.47. The van der Waals surface area contributed by atoms with Crippen molar-refractivity contribution in [3.8, 4) is 11.5 Å². The number of phenols is 1. The molecule has 0 saturated heterocycles. The average molecular weight is 278 g/mol. The maximum atomic E-state index is 11.9. The van der Waals surface area contributed by atoms with Crippen LogP contribution in [0.15, 0.2) is 18.2 Å². The second-order valence-electron chi connectivity index (χ2n) is 5.76. The van der Waals surface area contributed by atoms with E-state index in [9.17, 15) is 15.0 Å². The molecule has 20 heavy (non-hydrogen) atoms. The first-order valence-electron chi connectivity index (χ1n) is 7.20. The second-order valence-corrected chi connectivity index (χ2v) is 5.76. The Morgan fingerprint density at radius 2 is 1.90 bits per heavy atom. The topological polar surface area (TPSA) is 66.8 Å². The maximum absolute atomic E-state index is 11.9. The molecule has 1 aromatic rings. The standard InChI is InChI=1S/C16H22O4/c1-11(2)20-13-8-6-7-12(17)14(13)16(15(18)19)9-4-3-5-10-16/h6-8,11,17H,3-5,9-10H2,1-2H3,(H,18,19). The average Bonchev–Trinajstić information content (AvgIpc) is 2.38. The summed E-state index contributed by atoms with van der Waals surface area (Å²) in [6, 6.07) is 4.98. The van der Waals surface area contributed by atoms with Gasteiger partial charge in [0.15, 0.2) is 0 Å². The van der Waals surface area contributed by atoms with Crippen LogP contribution in [0, 0.1) is 0 Å². The molecule has 4 nitrogen and oxygen atoms in total. The highest BCUT2D eigenvalue weighted by Gasteiger charge is 2.45. The SMILES string of the molecule is CC(C)Oc1cccc(O)c1C1(C(=O)O)CCCCC1. The molecule has 0 bridgehead atoms. The summed E-state index contributed by atoms with van der Waals surface area (Å²) in [4.78, 5) is 11.9. The molecule has 110 valence electrons. The quantitative estimate of drug-likeness (QED) is 0.885. The number of phenolic OH excluding ortho intramolecular Hbond substituents is 1. The Labute approximate surface area is 119 Å². The highest BCUT2D eigenvalue weighted by molar-refractivity contribution is 5.84. The van der Waals surface area contributed by atoms with Gasteiger partial charge in [0.1, 0.15) is 11.5 Å². The molecule has 1 aromatic carbocycles. The summed E-state index contributed by atoms with van der Waals surface area (Å²) in [6.07, 6.45) is 3.81. The van der Waals surface area contributed by atoms with E-state index in [1.807, 2.05) is 13.8 Å². The van der Waals surface area contributed by atoms with Gasteiger partial charge in [-0.15, -0.1) is 0 Å². The van der Waals surface area contributed by atoms with Crippen LogP contribution in [0.5, 0.6) is 11.5 Å². The van der Waals surface area contributed by atoms with Gasteiger partial charge in [-0.05, 0) is 38.8 Å². The summed E-state index contributed by atoms with van der Waals surface area (Å²) >= 11 is 0. The Bertz CT molecular complexity index is 487. The van der Waals surface area contributed by atoms with E-state index >= 15 is 0 Å². The lowest BCUT2D eigenvalue weighted by atomic mass is 9.69. The minimum Gasteiger partial charge on any atom is -0.507 e. The number of hydrogen-bond acceptors (Lipinski definition) is 3. The van der Waals surface area contributed by atoms with E-state index in [1.54, 1.807) is 18.2 Å². The Balaban J connectivity index is 2.55. The summed E-state index contributed by atoms with van der Waals surface area (Å²) in [5, 5.41) is 20.0. The van der Waals surface area contributed by atoms with Crippen LogP contribution in [0.3, 0.4) is 0 Å². The van der Waals surface area contributed by atoms with Crippen LogP contribution in [-0.4, -0.2) is 22.3 Å². The Kier molecular flexibility index (Phi) is 4.21. The first kappa shape index (κ1) is 14.7. The number of carboxylic acid groups (broad SMARTS) is 1. The van der Waals surface area contributed by atoms with Crippen LogP contribution >= 0.6 is 0 Å². The minimum atomic E-state index is -1.02. The fourth-order valence-electron chi connectivity index (χ4n) is 3.08. The zero-order valence-corrected chi connectivity index (χ0v) is 12.1. The molecule has 0 radical (unpaired) electrons. The summed E-state index contributed by atoms with van der Waals surface area (Å²) in [5.41, 5.74) is -0.575. The smallest absolute Gasteiger partial charge is 0.314 e. The lowest BCUT2D eigenvalue weighted by molar-refractivity contribution is -0.145. The Hall–Kier alpha value is -1.71. The Morgan fingerprint density at radius 3 is 2.45 bits per heavy atom. The fourth-order valence-corrected chi connectivity index (χ4v) is 3.08. The van der Waals surface area contributed by atoms with E-state index in [0.29, 0.717) is 24.2 Å². The van der Waals surface area contributed by atoms with Gasteiger partial charge in [0.05, 0.1) is 17.1 Å². The monoisotopic (exact) mass is 278 g/mol. The molecule has 2 N–H and O–H groups in total. The number of benzene rings is 1. The number of ether oxygens (including phenoxy) is 1. The molecule has 1 aliphatic rings. The van der Waals surface area contributed by atoms with Crippen molar-refractivity contribution in [3.63, 3.8) is 0 Å². The summed E-state index contributed by atoms with van der Waals surface area (Å²) in [5.74, 6) is -0.357. The molecule has 0 unspecified atom stereocenters. The number of carboxylic acids is 1. The molecule has 0 aromatic heterocycles. The third kappa shape index (κ3) is 2.60. The van der Waals surface area contributed by atoms with Crippen LogP contribution in [0.2, 0.25) is 0 Å². The van der Waals surface area contributed by atoms with Crippen LogP contribution in [0.1, 0.15) is 51.5 Å². The van der Waals surface area contributed by atoms with Crippen molar-refractivity contribution in [2.24, 2.45) is 0 Å². The lowest BCUT2D eigenvalue weighted by Crippen LogP contribution is -2.38. The molecule has 4 heteroatoms. The molecule has 0 aliphatic heterocycles. The molecule has 0 atom stereocenters. The highest BCUT2D eigenvalue weighted by atomic mass is 16.5. The van der Waals surface area contributed by atoms with E-state index in [4.69, 9.17) is 4.74 Å². The van der Waals surface area contributed by atoms with Crippen molar-refractivity contribution in [3.05, 3.63) is 23.8 Å². The summed E-state index contributed by atoms with van der Waals surface area (Å²) < 4.78 is 5.73. The lowest BCUT2D eigenvalue weighted by Gasteiger charge is -2.35. The van der Waals surface area contributed by atoms with E-state index in [1.165, 1.54) is 0 Å². The molecule has 0 heterocycles. The van der Waals surface area contributed by atoms with Gasteiger partial charge in [0, 0.05) is 0 Å². The van der Waals surface area contributed by atoms with Gasteiger partial charge in [-0.3, -0.25) is 4.79 Å². The molecule has 1 aliphatic carbocycles. The third-order valence-electron chi connectivity index (χ3n) is 3.96. The molecular formula is C16H22O4. The molecule has 2 rings (SSSR count). The van der Waals surface area contributed by atoms with Crippen molar-refractivity contribution in [1.82, 2.24) is 0 Å². The molecular weight excluding hydrogens is 256 g/mol. The zero-order valence-electron chi connectivity index (χ0n) is 12.1. The molecule has 1 fully saturated rings. The summed E-state index contributed by atoms with van der Waals surface area (Å²) in [7, 11) is 0. The second kappa shape index (κ2) is 5.73. The first-order valence-corrected chi connectivity index (χ1v) is 7.20. The molecule has 0 amide bonds. The van der Waals surface area contributed by atoms with Crippen molar-refractivity contribution < 1.29 is 19.7 Å². The van der Waals surface area contributed by atoms with E-state index in [2.05, 4.69) is 0 Å². The van der Waals surface area contributed by atoms with Crippen molar-refractivity contribution >= 4 is 5.97 Å².